The average molecular weight is 314 g/mol. The number of hydrogen-bond acceptors (Lipinski definition) is 3. The second-order valence-corrected chi connectivity index (χ2v) is 6.18. The molecule has 0 saturated heterocycles. The summed E-state index contributed by atoms with van der Waals surface area (Å²) in [6, 6.07) is 0. The highest BCUT2D eigenvalue weighted by molar-refractivity contribution is 5.69. The molecule has 0 aliphatic carbocycles. The molecule has 0 radical (unpaired) electrons. The van der Waals surface area contributed by atoms with E-state index in [0.717, 1.165) is 26.1 Å². The first kappa shape index (κ1) is 21.4. The summed E-state index contributed by atoms with van der Waals surface area (Å²) >= 11 is 0. The molecule has 0 bridgehead atoms. The summed E-state index contributed by atoms with van der Waals surface area (Å²) in [5.41, 5.74) is 0. The molecule has 0 heterocycles. The van der Waals surface area contributed by atoms with Crippen LogP contribution in [0.5, 0.6) is 0 Å². The molecule has 3 nitrogen and oxygen atoms in total. The quantitative estimate of drug-likeness (QED) is 0.290. The zero-order valence-corrected chi connectivity index (χ0v) is 15.4. The largest absolute Gasteiger partial charge is 0.464 e. The predicted molar refractivity (Wildman–Crippen MR) is 95.2 cm³/mol. The van der Waals surface area contributed by atoms with Gasteiger partial charge in [-0.25, -0.2) is 0 Å². The van der Waals surface area contributed by atoms with E-state index in [2.05, 4.69) is 25.7 Å². The van der Waals surface area contributed by atoms with Gasteiger partial charge in [-0.15, -0.1) is 0 Å². The summed E-state index contributed by atoms with van der Waals surface area (Å²) in [6.07, 6.45) is 13.6. The first-order valence-corrected chi connectivity index (χ1v) is 9.62. The summed E-state index contributed by atoms with van der Waals surface area (Å²) in [6.45, 7) is 9.97. The van der Waals surface area contributed by atoms with Crippen molar-refractivity contribution in [3.63, 3.8) is 0 Å². The third-order valence-electron chi connectivity index (χ3n) is 4.30. The number of nitrogens with zero attached hydrogens (tertiary/aromatic N) is 1. The SMILES string of the molecule is CCCCCCCCCCCCC(=O)OCCN(CC)CC. The fourth-order valence-electron chi connectivity index (χ4n) is 2.66. The van der Waals surface area contributed by atoms with Crippen molar-refractivity contribution in [2.45, 2.75) is 91.4 Å². The zero-order chi connectivity index (χ0) is 16.5. The van der Waals surface area contributed by atoms with Crippen LogP contribution in [0.1, 0.15) is 91.4 Å². The Bertz CT molecular complexity index is 240. The maximum Gasteiger partial charge on any atom is 0.305 e. The number of unbranched alkanes of at least 4 members (excludes halogenated alkanes) is 9. The molecule has 0 aromatic heterocycles. The summed E-state index contributed by atoms with van der Waals surface area (Å²) in [4.78, 5) is 13.9. The van der Waals surface area contributed by atoms with Crippen molar-refractivity contribution in [3.05, 3.63) is 0 Å². The summed E-state index contributed by atoms with van der Waals surface area (Å²) in [7, 11) is 0. The van der Waals surface area contributed by atoms with E-state index in [1.165, 1.54) is 57.8 Å². The molecule has 0 aliphatic heterocycles. The molecule has 0 aromatic rings. The standard InChI is InChI=1S/C19H39NO2/c1-4-7-8-9-10-11-12-13-14-15-16-19(21)22-18-17-20(5-2)6-3/h4-18H2,1-3H3. The molecule has 0 N–H and O–H groups in total. The molecule has 0 atom stereocenters. The molecular weight excluding hydrogens is 274 g/mol. The first-order chi connectivity index (χ1) is 10.7. The van der Waals surface area contributed by atoms with Gasteiger partial charge in [-0.1, -0.05) is 78.6 Å². The van der Waals surface area contributed by atoms with Gasteiger partial charge in [0.05, 0.1) is 0 Å². The minimum Gasteiger partial charge on any atom is -0.464 e. The van der Waals surface area contributed by atoms with Gasteiger partial charge >= 0.3 is 5.97 Å². The third-order valence-corrected chi connectivity index (χ3v) is 4.30. The van der Waals surface area contributed by atoms with Crippen LogP contribution in [0.25, 0.3) is 0 Å². The highest BCUT2D eigenvalue weighted by Crippen LogP contribution is 2.11. The number of carbonyl (C=O) groups excluding carboxylic acids is 1. The molecule has 3 heteroatoms. The normalized spacial score (nSPS) is 11.1. The van der Waals surface area contributed by atoms with E-state index in [0.29, 0.717) is 13.0 Å². The number of rotatable bonds is 16. The Morgan fingerprint density at radius 2 is 1.27 bits per heavy atom. The highest BCUT2D eigenvalue weighted by atomic mass is 16.5. The van der Waals surface area contributed by atoms with Crippen LogP contribution in [0.4, 0.5) is 0 Å². The van der Waals surface area contributed by atoms with Crippen molar-refractivity contribution in [1.29, 1.82) is 0 Å². The van der Waals surface area contributed by atoms with E-state index in [4.69, 9.17) is 4.74 Å². The molecule has 0 unspecified atom stereocenters. The number of esters is 1. The Balaban J connectivity index is 3.25. The van der Waals surface area contributed by atoms with E-state index in [9.17, 15) is 4.79 Å². The molecule has 0 fully saturated rings. The van der Waals surface area contributed by atoms with Crippen molar-refractivity contribution >= 4 is 5.97 Å². The lowest BCUT2D eigenvalue weighted by atomic mass is 10.1. The number of ether oxygens (including phenoxy) is 1. The number of hydrogen-bond donors (Lipinski definition) is 0. The van der Waals surface area contributed by atoms with Gasteiger partial charge in [0.1, 0.15) is 6.61 Å². The minimum atomic E-state index is -0.0216. The van der Waals surface area contributed by atoms with E-state index in [1.54, 1.807) is 0 Å². The van der Waals surface area contributed by atoms with Gasteiger partial charge in [0.2, 0.25) is 0 Å². The first-order valence-electron chi connectivity index (χ1n) is 9.62. The Morgan fingerprint density at radius 3 is 1.77 bits per heavy atom. The number of carbonyl (C=O) groups is 1. The van der Waals surface area contributed by atoms with Gasteiger partial charge < -0.3 is 9.64 Å². The van der Waals surface area contributed by atoms with Crippen LogP contribution in [-0.2, 0) is 9.53 Å². The summed E-state index contributed by atoms with van der Waals surface area (Å²) in [5, 5.41) is 0. The average Bonchev–Trinajstić information content (AvgIpc) is 2.53. The highest BCUT2D eigenvalue weighted by Gasteiger charge is 2.04. The Kier molecular flexibility index (Phi) is 16.4. The van der Waals surface area contributed by atoms with Crippen molar-refractivity contribution in [2.24, 2.45) is 0 Å². The molecule has 0 spiro atoms. The molecule has 0 aliphatic rings. The maximum absolute atomic E-state index is 11.6. The molecule has 132 valence electrons. The van der Waals surface area contributed by atoms with Crippen LogP contribution in [0, 0.1) is 0 Å². The molecule has 0 amide bonds. The van der Waals surface area contributed by atoms with Crippen LogP contribution in [0.2, 0.25) is 0 Å². The molecule has 22 heavy (non-hydrogen) atoms. The van der Waals surface area contributed by atoms with E-state index in [1.807, 2.05) is 0 Å². The fourth-order valence-corrected chi connectivity index (χ4v) is 2.66. The molecular formula is C19H39NO2. The molecule has 0 aromatic carbocycles. The fraction of sp³-hybridized carbons (Fsp3) is 0.947. The molecule has 0 rings (SSSR count). The summed E-state index contributed by atoms with van der Waals surface area (Å²) in [5.74, 6) is -0.0216. The van der Waals surface area contributed by atoms with Crippen LogP contribution in [0.15, 0.2) is 0 Å². The van der Waals surface area contributed by atoms with Gasteiger partial charge in [0.15, 0.2) is 0 Å². The van der Waals surface area contributed by atoms with Crippen LogP contribution in [-0.4, -0.2) is 37.1 Å². The van der Waals surface area contributed by atoms with Crippen LogP contribution in [0.3, 0.4) is 0 Å². The minimum absolute atomic E-state index is 0.0216. The van der Waals surface area contributed by atoms with Gasteiger partial charge in [0.25, 0.3) is 0 Å². The monoisotopic (exact) mass is 313 g/mol. The lowest BCUT2D eigenvalue weighted by Crippen LogP contribution is -2.27. The Morgan fingerprint density at radius 1 is 0.773 bits per heavy atom. The topological polar surface area (TPSA) is 29.5 Å². The summed E-state index contributed by atoms with van der Waals surface area (Å²) < 4.78 is 5.28. The van der Waals surface area contributed by atoms with Crippen molar-refractivity contribution in [2.75, 3.05) is 26.2 Å². The van der Waals surface area contributed by atoms with E-state index >= 15 is 0 Å². The maximum atomic E-state index is 11.6. The second-order valence-electron chi connectivity index (χ2n) is 6.18. The van der Waals surface area contributed by atoms with Gasteiger partial charge in [-0.05, 0) is 19.5 Å². The second kappa shape index (κ2) is 16.8. The molecule has 0 saturated carbocycles. The third kappa shape index (κ3) is 14.4. The van der Waals surface area contributed by atoms with E-state index < -0.39 is 0 Å². The Labute approximate surface area is 138 Å². The lowest BCUT2D eigenvalue weighted by Gasteiger charge is -2.17. The lowest BCUT2D eigenvalue weighted by molar-refractivity contribution is -0.144. The van der Waals surface area contributed by atoms with Gasteiger partial charge in [-0.3, -0.25) is 4.79 Å². The predicted octanol–water partition coefficient (Wildman–Crippen LogP) is 5.18. The van der Waals surface area contributed by atoms with E-state index in [-0.39, 0.29) is 5.97 Å². The Hall–Kier alpha value is -0.570. The van der Waals surface area contributed by atoms with Crippen LogP contribution >= 0.6 is 0 Å². The van der Waals surface area contributed by atoms with Crippen molar-refractivity contribution in [1.82, 2.24) is 4.90 Å². The van der Waals surface area contributed by atoms with Gasteiger partial charge in [0, 0.05) is 13.0 Å². The van der Waals surface area contributed by atoms with Gasteiger partial charge in [-0.2, -0.15) is 0 Å². The zero-order valence-electron chi connectivity index (χ0n) is 15.4. The van der Waals surface area contributed by atoms with Crippen LogP contribution < -0.4 is 0 Å². The number of likely N-dealkylation sites (N-methyl/N-ethyl adjacent to an activating group) is 1. The smallest absolute Gasteiger partial charge is 0.305 e. The van der Waals surface area contributed by atoms with Crippen molar-refractivity contribution < 1.29 is 9.53 Å². The van der Waals surface area contributed by atoms with Crippen molar-refractivity contribution in [3.8, 4) is 0 Å².